The Morgan fingerprint density at radius 2 is 2.06 bits per heavy atom. The molecule has 102 valence electrons. The number of rotatable bonds is 5. The molecule has 1 saturated carbocycles. The lowest BCUT2D eigenvalue weighted by molar-refractivity contribution is 0.118. The second-order valence-corrected chi connectivity index (χ2v) is 6.04. The number of nitrogens with zero attached hydrogens (tertiary/aromatic N) is 1. The summed E-state index contributed by atoms with van der Waals surface area (Å²) < 4.78 is 11.5. The van der Waals surface area contributed by atoms with Crippen LogP contribution in [0.15, 0.2) is 0 Å². The topological polar surface area (TPSA) is 57.4 Å². The van der Waals surface area contributed by atoms with E-state index in [9.17, 15) is 0 Å². The fourth-order valence-corrected chi connectivity index (χ4v) is 3.00. The summed E-state index contributed by atoms with van der Waals surface area (Å²) >= 11 is 1.66. The first-order valence-corrected chi connectivity index (χ1v) is 7.47. The highest BCUT2D eigenvalue weighted by atomic mass is 32.1. The maximum Gasteiger partial charge on any atom is 0.230 e. The van der Waals surface area contributed by atoms with Gasteiger partial charge < -0.3 is 15.2 Å². The third-order valence-corrected chi connectivity index (χ3v) is 4.13. The van der Waals surface area contributed by atoms with Gasteiger partial charge in [0.2, 0.25) is 5.88 Å². The van der Waals surface area contributed by atoms with Gasteiger partial charge in [-0.15, -0.1) is 11.3 Å². The van der Waals surface area contributed by atoms with E-state index >= 15 is 0 Å². The van der Waals surface area contributed by atoms with Crippen molar-refractivity contribution in [2.45, 2.75) is 58.3 Å². The minimum atomic E-state index is 0.270. The summed E-state index contributed by atoms with van der Waals surface area (Å²) in [6.07, 6.45) is 4.44. The van der Waals surface area contributed by atoms with Gasteiger partial charge in [-0.1, -0.05) is 0 Å². The molecule has 0 amide bonds. The number of aromatic nitrogens is 1. The SMILES string of the molecule is CCOCc1sc(C)nc1OC1CCC(N)CC1. The second-order valence-electron chi connectivity index (χ2n) is 4.75. The summed E-state index contributed by atoms with van der Waals surface area (Å²) in [6, 6.07) is 0.352. The van der Waals surface area contributed by atoms with Crippen molar-refractivity contribution < 1.29 is 9.47 Å². The number of hydrogen-bond acceptors (Lipinski definition) is 5. The minimum absolute atomic E-state index is 0.270. The van der Waals surface area contributed by atoms with Crippen LogP contribution in [0.25, 0.3) is 0 Å². The van der Waals surface area contributed by atoms with E-state index in [1.54, 1.807) is 11.3 Å². The molecular weight excluding hydrogens is 248 g/mol. The minimum Gasteiger partial charge on any atom is -0.473 e. The van der Waals surface area contributed by atoms with Gasteiger partial charge in [0.25, 0.3) is 0 Å². The molecule has 0 saturated heterocycles. The van der Waals surface area contributed by atoms with Gasteiger partial charge in [0, 0.05) is 12.6 Å². The molecule has 1 fully saturated rings. The molecule has 4 nitrogen and oxygen atoms in total. The molecule has 0 spiro atoms. The molecule has 0 bridgehead atoms. The summed E-state index contributed by atoms with van der Waals surface area (Å²) in [6.45, 7) is 5.32. The van der Waals surface area contributed by atoms with E-state index in [1.165, 1.54) is 0 Å². The molecule has 5 heteroatoms. The van der Waals surface area contributed by atoms with Crippen LogP contribution in [-0.2, 0) is 11.3 Å². The number of nitrogens with two attached hydrogens (primary N) is 1. The zero-order chi connectivity index (χ0) is 13.0. The van der Waals surface area contributed by atoms with Gasteiger partial charge in [-0.2, -0.15) is 0 Å². The lowest BCUT2D eigenvalue weighted by Gasteiger charge is -2.26. The molecule has 1 heterocycles. The van der Waals surface area contributed by atoms with Crippen LogP contribution in [0, 0.1) is 6.92 Å². The predicted molar refractivity (Wildman–Crippen MR) is 73.0 cm³/mol. The molecular formula is C13H22N2O2S. The van der Waals surface area contributed by atoms with Crippen molar-refractivity contribution in [3.8, 4) is 5.88 Å². The molecule has 2 rings (SSSR count). The molecule has 18 heavy (non-hydrogen) atoms. The molecule has 0 atom stereocenters. The first kappa shape index (κ1) is 13.8. The molecule has 0 aliphatic heterocycles. The van der Waals surface area contributed by atoms with Crippen molar-refractivity contribution in [2.24, 2.45) is 5.73 Å². The fourth-order valence-electron chi connectivity index (χ4n) is 2.19. The van der Waals surface area contributed by atoms with Crippen LogP contribution in [0.4, 0.5) is 0 Å². The van der Waals surface area contributed by atoms with E-state index in [0.717, 1.165) is 41.4 Å². The van der Waals surface area contributed by atoms with Gasteiger partial charge in [-0.05, 0) is 39.5 Å². The van der Waals surface area contributed by atoms with Crippen molar-refractivity contribution in [1.29, 1.82) is 0 Å². The largest absolute Gasteiger partial charge is 0.473 e. The Morgan fingerprint density at radius 3 is 2.72 bits per heavy atom. The Labute approximate surface area is 113 Å². The first-order valence-electron chi connectivity index (χ1n) is 6.65. The number of aryl methyl sites for hydroxylation is 1. The summed E-state index contributed by atoms with van der Waals surface area (Å²) in [5, 5.41) is 1.03. The van der Waals surface area contributed by atoms with E-state index in [-0.39, 0.29) is 6.10 Å². The maximum absolute atomic E-state index is 6.02. The molecule has 1 aromatic heterocycles. The Bertz CT molecular complexity index is 373. The summed E-state index contributed by atoms with van der Waals surface area (Å²) in [7, 11) is 0. The highest BCUT2D eigenvalue weighted by molar-refractivity contribution is 7.11. The van der Waals surface area contributed by atoms with Crippen molar-refractivity contribution >= 4 is 11.3 Å². The van der Waals surface area contributed by atoms with Crippen LogP contribution in [0.1, 0.15) is 42.5 Å². The van der Waals surface area contributed by atoms with Crippen LogP contribution in [-0.4, -0.2) is 23.7 Å². The molecule has 1 aliphatic carbocycles. The maximum atomic E-state index is 6.02. The molecule has 0 aromatic carbocycles. The smallest absolute Gasteiger partial charge is 0.230 e. The van der Waals surface area contributed by atoms with Gasteiger partial charge in [-0.3, -0.25) is 0 Å². The van der Waals surface area contributed by atoms with Crippen molar-refractivity contribution in [3.05, 3.63) is 9.88 Å². The van der Waals surface area contributed by atoms with E-state index < -0.39 is 0 Å². The Balaban J connectivity index is 1.95. The predicted octanol–water partition coefficient (Wildman–Crippen LogP) is 2.64. The monoisotopic (exact) mass is 270 g/mol. The van der Waals surface area contributed by atoms with E-state index in [4.69, 9.17) is 15.2 Å². The van der Waals surface area contributed by atoms with Crippen LogP contribution in [0.2, 0.25) is 0 Å². The van der Waals surface area contributed by atoms with Gasteiger partial charge in [-0.25, -0.2) is 4.98 Å². The standard InChI is InChI=1S/C13H22N2O2S/c1-3-16-8-12-13(15-9(2)18-12)17-11-6-4-10(14)5-7-11/h10-11H,3-8,14H2,1-2H3. The van der Waals surface area contributed by atoms with Crippen LogP contribution in [0.5, 0.6) is 5.88 Å². The third kappa shape index (κ3) is 3.67. The highest BCUT2D eigenvalue weighted by Gasteiger charge is 2.22. The molecule has 1 aliphatic rings. The average Bonchev–Trinajstić information content (AvgIpc) is 2.70. The zero-order valence-electron chi connectivity index (χ0n) is 11.1. The van der Waals surface area contributed by atoms with E-state index in [2.05, 4.69) is 4.98 Å². The lowest BCUT2D eigenvalue weighted by Crippen LogP contribution is -2.31. The van der Waals surface area contributed by atoms with E-state index in [1.807, 2.05) is 13.8 Å². The quantitative estimate of drug-likeness (QED) is 0.893. The van der Waals surface area contributed by atoms with Gasteiger partial charge in [0.15, 0.2) is 0 Å². The number of thiazole rings is 1. The van der Waals surface area contributed by atoms with Crippen LogP contribution >= 0.6 is 11.3 Å². The van der Waals surface area contributed by atoms with Crippen LogP contribution < -0.4 is 10.5 Å². The number of hydrogen-bond donors (Lipinski definition) is 1. The lowest BCUT2D eigenvalue weighted by atomic mass is 9.94. The summed E-state index contributed by atoms with van der Waals surface area (Å²) in [4.78, 5) is 5.56. The summed E-state index contributed by atoms with van der Waals surface area (Å²) in [5.41, 5.74) is 5.90. The van der Waals surface area contributed by atoms with Crippen molar-refractivity contribution in [2.75, 3.05) is 6.61 Å². The van der Waals surface area contributed by atoms with Crippen LogP contribution in [0.3, 0.4) is 0 Å². The highest BCUT2D eigenvalue weighted by Crippen LogP contribution is 2.29. The van der Waals surface area contributed by atoms with Gasteiger partial charge >= 0.3 is 0 Å². The average molecular weight is 270 g/mol. The zero-order valence-corrected chi connectivity index (χ0v) is 12.0. The molecule has 0 radical (unpaired) electrons. The van der Waals surface area contributed by atoms with Crippen molar-refractivity contribution in [1.82, 2.24) is 4.98 Å². The first-order chi connectivity index (χ1) is 8.69. The third-order valence-electron chi connectivity index (χ3n) is 3.20. The number of ether oxygens (including phenoxy) is 2. The summed E-state index contributed by atoms with van der Waals surface area (Å²) in [5.74, 6) is 0.770. The van der Waals surface area contributed by atoms with E-state index in [0.29, 0.717) is 19.3 Å². The van der Waals surface area contributed by atoms with Crippen molar-refractivity contribution in [3.63, 3.8) is 0 Å². The molecule has 2 N–H and O–H groups in total. The fraction of sp³-hybridized carbons (Fsp3) is 0.769. The second kappa shape index (κ2) is 6.50. The normalized spacial score (nSPS) is 24.2. The Morgan fingerprint density at radius 1 is 1.33 bits per heavy atom. The molecule has 1 aromatic rings. The van der Waals surface area contributed by atoms with Gasteiger partial charge in [0.05, 0.1) is 16.5 Å². The Kier molecular flexibility index (Phi) is 4.97. The molecule has 0 unspecified atom stereocenters. The Hall–Kier alpha value is -0.650. The van der Waals surface area contributed by atoms with Gasteiger partial charge in [0.1, 0.15) is 6.10 Å².